The molecule has 3 heteroatoms. The lowest BCUT2D eigenvalue weighted by Gasteiger charge is -2.39. The molecular weight excluding hydrogens is 236 g/mol. The van der Waals surface area contributed by atoms with Crippen LogP contribution in [-0.2, 0) is 0 Å². The summed E-state index contributed by atoms with van der Waals surface area (Å²) < 4.78 is 0. The maximum absolute atomic E-state index is 10.1. The molecular formula is C16H26N2O. The monoisotopic (exact) mass is 262 g/mol. The number of piperidine rings is 1. The second kappa shape index (κ2) is 6.40. The van der Waals surface area contributed by atoms with Crippen LogP contribution < -0.4 is 0 Å². The van der Waals surface area contributed by atoms with Crippen LogP contribution in [0.2, 0.25) is 0 Å². The van der Waals surface area contributed by atoms with Gasteiger partial charge in [0.1, 0.15) is 5.75 Å². The van der Waals surface area contributed by atoms with Gasteiger partial charge in [0, 0.05) is 17.6 Å². The number of hydrogen-bond donors (Lipinski definition) is 1. The molecule has 1 aromatic rings. The Morgan fingerprint density at radius 2 is 1.95 bits per heavy atom. The van der Waals surface area contributed by atoms with Crippen molar-refractivity contribution in [3.8, 4) is 5.75 Å². The summed E-state index contributed by atoms with van der Waals surface area (Å²) in [6, 6.07) is 8.69. The molecule has 0 amide bonds. The Hall–Kier alpha value is -1.06. The van der Waals surface area contributed by atoms with E-state index in [0.717, 1.165) is 12.0 Å². The number of rotatable bonds is 4. The lowest BCUT2D eigenvalue weighted by molar-refractivity contribution is 0.103. The molecule has 0 aromatic heterocycles. The molecule has 0 saturated carbocycles. The molecule has 2 rings (SSSR count). The third-order valence-electron chi connectivity index (χ3n) is 4.44. The van der Waals surface area contributed by atoms with Crippen molar-refractivity contribution >= 4 is 0 Å². The van der Waals surface area contributed by atoms with Crippen molar-refractivity contribution in [2.45, 2.75) is 38.3 Å². The number of likely N-dealkylation sites (tertiary alicyclic amines) is 1. The summed E-state index contributed by atoms with van der Waals surface area (Å²) >= 11 is 0. The summed E-state index contributed by atoms with van der Waals surface area (Å²) in [4.78, 5) is 4.85. The number of aromatic hydroxyl groups is 1. The predicted molar refractivity (Wildman–Crippen MR) is 79.4 cm³/mol. The van der Waals surface area contributed by atoms with Crippen molar-refractivity contribution in [2.24, 2.45) is 0 Å². The minimum atomic E-state index is 0.314. The summed E-state index contributed by atoms with van der Waals surface area (Å²) in [5, 5.41) is 10.1. The fourth-order valence-electron chi connectivity index (χ4n) is 3.15. The van der Waals surface area contributed by atoms with E-state index in [2.05, 4.69) is 36.9 Å². The van der Waals surface area contributed by atoms with Crippen LogP contribution in [0, 0.1) is 0 Å². The summed E-state index contributed by atoms with van der Waals surface area (Å²) in [5.74, 6) is 0.425. The van der Waals surface area contributed by atoms with E-state index in [9.17, 15) is 5.11 Å². The van der Waals surface area contributed by atoms with Crippen molar-refractivity contribution in [2.75, 3.05) is 27.2 Å². The van der Waals surface area contributed by atoms with E-state index in [-0.39, 0.29) is 0 Å². The van der Waals surface area contributed by atoms with E-state index in [4.69, 9.17) is 0 Å². The number of phenolic OH excluding ortho intramolecular Hbond substituents is 1. The van der Waals surface area contributed by atoms with E-state index >= 15 is 0 Å². The largest absolute Gasteiger partial charge is 0.508 e. The standard InChI is InChI=1S/C16H26N2O/c1-4-15(14-7-5-6-8-16(14)19)18(3)13-9-11-17(2)12-10-13/h5-8,13,15,19H,4,9-12H2,1-3H3. The van der Waals surface area contributed by atoms with Crippen molar-refractivity contribution in [1.82, 2.24) is 9.80 Å². The van der Waals surface area contributed by atoms with Crippen molar-refractivity contribution in [3.05, 3.63) is 29.8 Å². The Kier molecular flexibility index (Phi) is 4.83. The van der Waals surface area contributed by atoms with E-state index in [1.165, 1.54) is 25.9 Å². The highest BCUT2D eigenvalue weighted by Gasteiger charge is 2.27. The Labute approximate surface area is 116 Å². The van der Waals surface area contributed by atoms with Crippen LogP contribution in [0.1, 0.15) is 37.8 Å². The third-order valence-corrected chi connectivity index (χ3v) is 4.44. The molecule has 0 spiro atoms. The third kappa shape index (κ3) is 3.28. The maximum Gasteiger partial charge on any atom is 0.120 e. The normalized spacial score (nSPS) is 19.8. The molecule has 3 nitrogen and oxygen atoms in total. The van der Waals surface area contributed by atoms with Gasteiger partial charge in [-0.2, -0.15) is 0 Å². The molecule has 1 saturated heterocycles. The zero-order valence-corrected chi connectivity index (χ0v) is 12.3. The Morgan fingerprint density at radius 3 is 2.53 bits per heavy atom. The molecule has 1 fully saturated rings. The molecule has 1 aliphatic heterocycles. The maximum atomic E-state index is 10.1. The molecule has 0 bridgehead atoms. The quantitative estimate of drug-likeness (QED) is 0.904. The van der Waals surface area contributed by atoms with E-state index < -0.39 is 0 Å². The van der Waals surface area contributed by atoms with Gasteiger partial charge in [-0.05, 0) is 52.5 Å². The average molecular weight is 262 g/mol. The van der Waals surface area contributed by atoms with Crippen LogP contribution in [0.25, 0.3) is 0 Å². The van der Waals surface area contributed by atoms with E-state index in [0.29, 0.717) is 17.8 Å². The number of benzene rings is 1. The first-order chi connectivity index (χ1) is 9.13. The number of nitrogens with zero attached hydrogens (tertiary/aromatic N) is 2. The van der Waals surface area contributed by atoms with Crippen LogP contribution >= 0.6 is 0 Å². The van der Waals surface area contributed by atoms with Gasteiger partial charge in [0.05, 0.1) is 0 Å². The smallest absolute Gasteiger partial charge is 0.120 e. The minimum absolute atomic E-state index is 0.314. The average Bonchev–Trinajstić information content (AvgIpc) is 2.42. The summed E-state index contributed by atoms with van der Waals surface area (Å²) in [6.07, 6.45) is 3.47. The van der Waals surface area contributed by atoms with E-state index in [1.807, 2.05) is 12.1 Å². The van der Waals surface area contributed by atoms with Crippen LogP contribution in [0.4, 0.5) is 0 Å². The van der Waals surface area contributed by atoms with Crippen molar-refractivity contribution < 1.29 is 5.11 Å². The van der Waals surface area contributed by atoms with Gasteiger partial charge in [0.2, 0.25) is 0 Å². The van der Waals surface area contributed by atoms with Gasteiger partial charge in [-0.15, -0.1) is 0 Å². The minimum Gasteiger partial charge on any atom is -0.508 e. The number of para-hydroxylation sites is 1. The molecule has 1 atom stereocenters. The highest BCUT2D eigenvalue weighted by atomic mass is 16.3. The van der Waals surface area contributed by atoms with Gasteiger partial charge >= 0.3 is 0 Å². The predicted octanol–water partition coefficient (Wildman–Crippen LogP) is 2.87. The molecule has 1 N–H and O–H groups in total. The first kappa shape index (κ1) is 14.4. The first-order valence-electron chi connectivity index (χ1n) is 7.31. The zero-order chi connectivity index (χ0) is 13.8. The highest BCUT2D eigenvalue weighted by molar-refractivity contribution is 5.34. The van der Waals surface area contributed by atoms with Crippen LogP contribution in [0.3, 0.4) is 0 Å². The van der Waals surface area contributed by atoms with Gasteiger partial charge in [0.25, 0.3) is 0 Å². The molecule has 1 aromatic carbocycles. The van der Waals surface area contributed by atoms with Crippen molar-refractivity contribution in [1.29, 1.82) is 0 Å². The zero-order valence-electron chi connectivity index (χ0n) is 12.3. The molecule has 19 heavy (non-hydrogen) atoms. The van der Waals surface area contributed by atoms with Gasteiger partial charge in [-0.1, -0.05) is 25.1 Å². The lowest BCUT2D eigenvalue weighted by atomic mass is 9.96. The van der Waals surface area contributed by atoms with Crippen molar-refractivity contribution in [3.63, 3.8) is 0 Å². The fraction of sp³-hybridized carbons (Fsp3) is 0.625. The van der Waals surface area contributed by atoms with Gasteiger partial charge in [-0.3, -0.25) is 4.90 Å². The van der Waals surface area contributed by atoms with Gasteiger partial charge in [0.15, 0.2) is 0 Å². The lowest BCUT2D eigenvalue weighted by Crippen LogP contribution is -2.43. The number of phenols is 1. The molecule has 0 aliphatic carbocycles. The summed E-state index contributed by atoms with van der Waals surface area (Å²) in [6.45, 7) is 4.54. The second-order valence-corrected chi connectivity index (χ2v) is 5.68. The fourth-order valence-corrected chi connectivity index (χ4v) is 3.15. The van der Waals surface area contributed by atoms with Gasteiger partial charge < -0.3 is 10.0 Å². The summed E-state index contributed by atoms with van der Waals surface area (Å²) in [5.41, 5.74) is 1.06. The first-order valence-corrected chi connectivity index (χ1v) is 7.31. The van der Waals surface area contributed by atoms with Crippen LogP contribution in [0.15, 0.2) is 24.3 Å². The molecule has 1 unspecified atom stereocenters. The molecule has 1 aliphatic rings. The topological polar surface area (TPSA) is 26.7 Å². The Balaban J connectivity index is 2.11. The number of hydrogen-bond acceptors (Lipinski definition) is 3. The van der Waals surface area contributed by atoms with Crippen LogP contribution in [0.5, 0.6) is 5.75 Å². The van der Waals surface area contributed by atoms with E-state index in [1.54, 1.807) is 6.07 Å². The molecule has 1 heterocycles. The van der Waals surface area contributed by atoms with Gasteiger partial charge in [-0.25, -0.2) is 0 Å². The molecule has 106 valence electrons. The Morgan fingerprint density at radius 1 is 1.32 bits per heavy atom. The second-order valence-electron chi connectivity index (χ2n) is 5.68. The summed E-state index contributed by atoms with van der Waals surface area (Å²) in [7, 11) is 4.40. The molecule has 0 radical (unpaired) electrons. The van der Waals surface area contributed by atoms with Crippen LogP contribution in [-0.4, -0.2) is 48.1 Å². The SMILES string of the molecule is CCC(c1ccccc1O)N(C)C1CCN(C)CC1. The highest BCUT2D eigenvalue weighted by Crippen LogP contribution is 2.33. The Bertz CT molecular complexity index is 399.